The van der Waals surface area contributed by atoms with Crippen molar-refractivity contribution in [3.63, 3.8) is 0 Å². The number of nitrogens with zero attached hydrogens (tertiary/aromatic N) is 4. The normalized spacial score (nSPS) is 17.2. The molecule has 1 aliphatic heterocycles. The second-order valence-corrected chi connectivity index (χ2v) is 8.65. The summed E-state index contributed by atoms with van der Waals surface area (Å²) in [6, 6.07) is 9.01. The van der Waals surface area contributed by atoms with E-state index >= 15 is 0 Å². The number of aliphatic imine (C=N–C) groups is 1. The minimum atomic E-state index is -0.934. The van der Waals surface area contributed by atoms with Crippen molar-refractivity contribution in [3.8, 4) is 28.7 Å². The molecule has 1 aliphatic rings. The lowest BCUT2D eigenvalue weighted by Crippen LogP contribution is -2.38. The summed E-state index contributed by atoms with van der Waals surface area (Å²) >= 11 is 0. The zero-order valence-corrected chi connectivity index (χ0v) is 19.0. The number of anilines is 1. The van der Waals surface area contributed by atoms with E-state index in [1.807, 2.05) is 13.0 Å². The minimum absolute atomic E-state index is 0.0914. The number of hydrogen-bond acceptors (Lipinski definition) is 8. The van der Waals surface area contributed by atoms with E-state index in [-0.39, 0.29) is 36.4 Å². The van der Waals surface area contributed by atoms with Crippen LogP contribution < -0.4 is 10.1 Å². The molecule has 182 valence electrons. The lowest BCUT2D eigenvalue weighted by Gasteiger charge is -2.30. The third-order valence-corrected chi connectivity index (χ3v) is 5.73. The molecule has 9 nitrogen and oxygen atoms in total. The number of halogens is 2. The number of ether oxygens (including phenoxy) is 2. The van der Waals surface area contributed by atoms with Crippen molar-refractivity contribution in [1.29, 1.82) is 5.26 Å². The molecule has 1 atom stereocenters. The molecule has 4 heterocycles. The van der Waals surface area contributed by atoms with Crippen LogP contribution in [0.2, 0.25) is 0 Å². The van der Waals surface area contributed by atoms with E-state index in [0.29, 0.717) is 28.7 Å². The average molecular weight is 490 g/mol. The average Bonchev–Trinajstić information content (AvgIpc) is 3.33. The van der Waals surface area contributed by atoms with Gasteiger partial charge in [0.1, 0.15) is 29.8 Å². The Labute approximate surface area is 204 Å². The summed E-state index contributed by atoms with van der Waals surface area (Å²) in [7, 11) is 0. The highest BCUT2D eigenvalue weighted by atomic mass is 19.1. The van der Waals surface area contributed by atoms with Gasteiger partial charge in [-0.3, -0.25) is 0 Å². The number of nitriles is 1. The van der Waals surface area contributed by atoms with E-state index in [4.69, 9.17) is 14.7 Å². The largest absolute Gasteiger partial charge is 0.464 e. The molecule has 4 aromatic rings. The second kappa shape index (κ2) is 9.24. The molecule has 0 amide bonds. The maximum atomic E-state index is 15.0. The Morgan fingerprint density at radius 3 is 2.69 bits per heavy atom. The van der Waals surface area contributed by atoms with Crippen LogP contribution in [0.4, 0.5) is 14.5 Å². The topological polar surface area (TPSA) is 128 Å². The fourth-order valence-electron chi connectivity index (χ4n) is 3.69. The number of aliphatic hydroxyl groups excluding tert-OH is 1. The van der Waals surface area contributed by atoms with Crippen LogP contribution in [0.1, 0.15) is 12.6 Å². The van der Waals surface area contributed by atoms with Crippen molar-refractivity contribution in [2.24, 2.45) is 10.4 Å². The van der Waals surface area contributed by atoms with Crippen LogP contribution in [0.15, 0.2) is 53.9 Å². The number of amidine groups is 1. The van der Waals surface area contributed by atoms with Gasteiger partial charge in [0.25, 0.3) is 6.02 Å². The molecule has 0 fully saturated rings. The molecule has 11 heteroatoms. The summed E-state index contributed by atoms with van der Waals surface area (Å²) in [6.45, 7) is 2.26. The molecule has 5 rings (SSSR count). The first kappa shape index (κ1) is 23.2. The van der Waals surface area contributed by atoms with Gasteiger partial charge in [-0.1, -0.05) is 6.92 Å². The van der Waals surface area contributed by atoms with Crippen molar-refractivity contribution in [2.45, 2.75) is 6.92 Å². The van der Waals surface area contributed by atoms with Crippen LogP contribution in [0, 0.1) is 28.4 Å². The van der Waals surface area contributed by atoms with Crippen LogP contribution >= 0.6 is 0 Å². The number of aromatic nitrogens is 3. The van der Waals surface area contributed by atoms with Gasteiger partial charge in [0.05, 0.1) is 18.5 Å². The molecule has 0 aliphatic carbocycles. The van der Waals surface area contributed by atoms with Crippen molar-refractivity contribution >= 4 is 22.7 Å². The standard InChI is InChI=1S/C25H20F2N6O3/c1-25(12-34)11-32-24(35-13-25)33-16-6-18(26)22(19(27)7-16)36-20-4-5-29-23-21(20)17(10-31-23)14-2-3-15(8-28)30-9-14/h2-7,9-10,34H,11-13H2,1H3,(H,29,31)(H,32,33). The Morgan fingerprint density at radius 2 is 2.06 bits per heavy atom. The monoisotopic (exact) mass is 490 g/mol. The fourth-order valence-corrected chi connectivity index (χ4v) is 3.69. The Kier molecular flexibility index (Phi) is 5.95. The molecule has 0 radical (unpaired) electrons. The first-order valence-corrected chi connectivity index (χ1v) is 10.9. The number of fused-ring (bicyclic) bond motifs is 1. The highest BCUT2D eigenvalue weighted by molar-refractivity contribution is 5.98. The van der Waals surface area contributed by atoms with Crippen LogP contribution in [0.5, 0.6) is 11.5 Å². The number of nitrogens with one attached hydrogen (secondary N) is 2. The van der Waals surface area contributed by atoms with Crippen molar-refractivity contribution in [3.05, 3.63) is 66.3 Å². The zero-order valence-electron chi connectivity index (χ0n) is 19.0. The number of aromatic amines is 1. The Hall–Kier alpha value is -4.56. The maximum absolute atomic E-state index is 15.0. The van der Waals surface area contributed by atoms with Crippen molar-refractivity contribution < 1.29 is 23.4 Å². The van der Waals surface area contributed by atoms with Crippen LogP contribution in [0.25, 0.3) is 22.2 Å². The van der Waals surface area contributed by atoms with Crippen LogP contribution in [-0.2, 0) is 4.74 Å². The number of pyridine rings is 2. The molecule has 0 saturated carbocycles. The van der Waals surface area contributed by atoms with E-state index < -0.39 is 22.8 Å². The smallest absolute Gasteiger partial charge is 0.289 e. The number of rotatable bonds is 5. The first-order chi connectivity index (χ1) is 17.4. The number of benzene rings is 1. The van der Waals surface area contributed by atoms with Gasteiger partial charge < -0.3 is 24.9 Å². The molecule has 36 heavy (non-hydrogen) atoms. The second-order valence-electron chi connectivity index (χ2n) is 8.65. The number of H-pyrrole nitrogens is 1. The molecule has 0 bridgehead atoms. The van der Waals surface area contributed by atoms with E-state index in [1.54, 1.807) is 18.3 Å². The maximum Gasteiger partial charge on any atom is 0.289 e. The van der Waals surface area contributed by atoms with Gasteiger partial charge in [-0.05, 0) is 18.2 Å². The first-order valence-electron chi connectivity index (χ1n) is 10.9. The van der Waals surface area contributed by atoms with Gasteiger partial charge in [0.15, 0.2) is 17.4 Å². The van der Waals surface area contributed by atoms with Crippen LogP contribution in [0.3, 0.4) is 0 Å². The van der Waals surface area contributed by atoms with Crippen molar-refractivity contribution in [1.82, 2.24) is 15.0 Å². The van der Waals surface area contributed by atoms with Crippen molar-refractivity contribution in [2.75, 3.05) is 25.1 Å². The van der Waals surface area contributed by atoms with Gasteiger partial charge in [-0.15, -0.1) is 0 Å². The fraction of sp³-hybridized carbons (Fsp3) is 0.200. The SMILES string of the molecule is CC1(CO)CN=C(Nc2cc(F)c(Oc3ccnc4[nH]cc(-c5ccc(C#N)nc5)c34)c(F)c2)OC1. The quantitative estimate of drug-likeness (QED) is 0.379. The molecular formula is C25H20F2N6O3. The Bertz CT molecular complexity index is 1490. The molecule has 1 unspecified atom stereocenters. The molecular weight excluding hydrogens is 470 g/mol. The third kappa shape index (κ3) is 4.42. The van der Waals surface area contributed by atoms with E-state index in [0.717, 1.165) is 12.1 Å². The zero-order chi connectivity index (χ0) is 25.3. The third-order valence-electron chi connectivity index (χ3n) is 5.73. The summed E-state index contributed by atoms with van der Waals surface area (Å²) in [5.41, 5.74) is 1.62. The molecule has 0 spiro atoms. The summed E-state index contributed by atoms with van der Waals surface area (Å²) in [5.74, 6) is -2.27. The minimum Gasteiger partial charge on any atom is -0.464 e. The molecule has 1 aromatic carbocycles. The van der Waals surface area contributed by atoms with Gasteiger partial charge in [-0.2, -0.15) is 5.26 Å². The molecule has 3 N–H and O–H groups in total. The predicted octanol–water partition coefficient (Wildman–Crippen LogP) is 4.36. The van der Waals surface area contributed by atoms with E-state index in [1.165, 1.54) is 18.5 Å². The van der Waals surface area contributed by atoms with Gasteiger partial charge in [-0.25, -0.2) is 23.7 Å². The van der Waals surface area contributed by atoms with E-state index in [9.17, 15) is 13.9 Å². The number of hydrogen-bond donors (Lipinski definition) is 3. The lowest BCUT2D eigenvalue weighted by atomic mass is 9.93. The highest BCUT2D eigenvalue weighted by Gasteiger charge is 2.29. The summed E-state index contributed by atoms with van der Waals surface area (Å²) in [6.07, 6.45) is 4.66. The van der Waals surface area contributed by atoms with E-state index in [2.05, 4.69) is 25.3 Å². The molecule has 3 aromatic heterocycles. The van der Waals surface area contributed by atoms with Gasteiger partial charge in [0.2, 0.25) is 0 Å². The lowest BCUT2D eigenvalue weighted by molar-refractivity contribution is 0.0706. The van der Waals surface area contributed by atoms with Gasteiger partial charge >= 0.3 is 0 Å². The highest BCUT2D eigenvalue weighted by Crippen LogP contribution is 2.38. The predicted molar refractivity (Wildman–Crippen MR) is 128 cm³/mol. The Balaban J connectivity index is 1.43. The molecule has 0 saturated heterocycles. The summed E-state index contributed by atoms with van der Waals surface area (Å²) in [4.78, 5) is 15.5. The van der Waals surface area contributed by atoms with Gasteiger partial charge in [0, 0.05) is 53.0 Å². The van der Waals surface area contributed by atoms with Crippen LogP contribution in [-0.4, -0.2) is 45.8 Å². The summed E-state index contributed by atoms with van der Waals surface area (Å²) in [5, 5.41) is 21.6. The Morgan fingerprint density at radius 1 is 1.25 bits per heavy atom. The summed E-state index contributed by atoms with van der Waals surface area (Å²) < 4.78 is 41.1. The number of aliphatic hydroxyl groups is 1.